The SMILES string of the molecule is CN=c1c2c(N3CC(C)N(C)C(C)C3)c(F)cc3c(=O)c(C(=O)O)c4scc1n4c32. The number of hydrogen-bond acceptors (Lipinski definition) is 6. The Hall–Kier alpha value is -2.78. The van der Waals surface area contributed by atoms with Crippen molar-refractivity contribution in [3.63, 3.8) is 0 Å². The van der Waals surface area contributed by atoms with Crippen LogP contribution in [0, 0.1) is 5.82 Å². The monoisotopic (exact) mass is 428 g/mol. The summed E-state index contributed by atoms with van der Waals surface area (Å²) in [5, 5.41) is 12.7. The molecule has 0 aliphatic carbocycles. The highest BCUT2D eigenvalue weighted by atomic mass is 32.1. The molecule has 4 heterocycles. The summed E-state index contributed by atoms with van der Waals surface area (Å²) in [5.41, 5.74) is 0.702. The summed E-state index contributed by atoms with van der Waals surface area (Å²) < 4.78 is 17.3. The van der Waals surface area contributed by atoms with Crippen molar-refractivity contribution in [3.05, 3.63) is 38.4 Å². The molecule has 4 aromatic rings. The lowest BCUT2D eigenvalue weighted by Crippen LogP contribution is -2.55. The fourth-order valence-electron chi connectivity index (χ4n) is 4.81. The zero-order chi connectivity index (χ0) is 21.5. The first-order chi connectivity index (χ1) is 14.3. The summed E-state index contributed by atoms with van der Waals surface area (Å²) in [6, 6.07) is 1.65. The van der Waals surface area contributed by atoms with E-state index in [9.17, 15) is 14.7 Å². The Morgan fingerprint density at radius 1 is 1.30 bits per heavy atom. The number of benzene rings is 1. The highest BCUT2D eigenvalue weighted by molar-refractivity contribution is 7.16. The van der Waals surface area contributed by atoms with Gasteiger partial charge in [-0.15, -0.1) is 11.3 Å². The summed E-state index contributed by atoms with van der Waals surface area (Å²) in [7, 11) is 3.70. The van der Waals surface area contributed by atoms with Gasteiger partial charge in [0.1, 0.15) is 16.2 Å². The van der Waals surface area contributed by atoms with Crippen LogP contribution in [0.1, 0.15) is 24.2 Å². The number of rotatable bonds is 2. The Morgan fingerprint density at radius 3 is 2.57 bits per heavy atom. The average molecular weight is 428 g/mol. The molecule has 0 radical (unpaired) electrons. The van der Waals surface area contributed by atoms with E-state index < -0.39 is 17.2 Å². The average Bonchev–Trinajstić information content (AvgIpc) is 3.23. The van der Waals surface area contributed by atoms with Crippen molar-refractivity contribution in [3.8, 4) is 0 Å². The molecule has 1 aliphatic heterocycles. The van der Waals surface area contributed by atoms with Gasteiger partial charge in [-0.25, -0.2) is 9.18 Å². The van der Waals surface area contributed by atoms with E-state index in [1.165, 1.54) is 17.4 Å². The van der Waals surface area contributed by atoms with Crippen LogP contribution < -0.4 is 15.7 Å². The lowest BCUT2D eigenvalue weighted by Gasteiger charge is -2.43. The van der Waals surface area contributed by atoms with E-state index in [1.54, 1.807) is 16.8 Å². The quantitative estimate of drug-likeness (QED) is 0.531. The molecule has 2 atom stereocenters. The molecule has 0 amide bonds. The van der Waals surface area contributed by atoms with Crippen molar-refractivity contribution >= 4 is 49.6 Å². The van der Waals surface area contributed by atoms with Gasteiger partial charge in [-0.2, -0.15) is 0 Å². The van der Waals surface area contributed by atoms with E-state index in [0.29, 0.717) is 45.4 Å². The van der Waals surface area contributed by atoms with E-state index >= 15 is 4.39 Å². The smallest absolute Gasteiger partial charge is 0.342 e. The summed E-state index contributed by atoms with van der Waals surface area (Å²) in [5.74, 6) is -1.83. The second kappa shape index (κ2) is 6.36. The summed E-state index contributed by atoms with van der Waals surface area (Å²) in [4.78, 5) is 33.9. The predicted octanol–water partition coefficient (Wildman–Crippen LogP) is 2.44. The van der Waals surface area contributed by atoms with Gasteiger partial charge < -0.3 is 10.0 Å². The molecule has 9 heteroatoms. The molecule has 2 unspecified atom stereocenters. The van der Waals surface area contributed by atoms with Crippen LogP contribution in [-0.4, -0.2) is 59.6 Å². The van der Waals surface area contributed by atoms with Crippen molar-refractivity contribution in [1.29, 1.82) is 0 Å². The van der Waals surface area contributed by atoms with E-state index in [0.717, 1.165) is 0 Å². The molecule has 1 saturated heterocycles. The maximum Gasteiger partial charge on any atom is 0.342 e. The molecular weight excluding hydrogens is 407 g/mol. The molecule has 3 aromatic heterocycles. The van der Waals surface area contributed by atoms with Crippen LogP contribution in [0.4, 0.5) is 10.1 Å². The van der Waals surface area contributed by atoms with E-state index in [1.807, 2.05) is 4.90 Å². The maximum absolute atomic E-state index is 15.6. The number of carboxylic acids is 1. The number of aromatic carboxylic acids is 1. The largest absolute Gasteiger partial charge is 0.477 e. The molecule has 1 aromatic carbocycles. The Morgan fingerprint density at radius 2 is 1.97 bits per heavy atom. The molecule has 0 saturated carbocycles. The van der Waals surface area contributed by atoms with Crippen LogP contribution in [0.2, 0.25) is 0 Å². The van der Waals surface area contributed by atoms with Gasteiger partial charge in [0.25, 0.3) is 0 Å². The molecular formula is C21H21FN4O3S. The first-order valence-electron chi connectivity index (χ1n) is 9.76. The lowest BCUT2D eigenvalue weighted by molar-refractivity contribution is 0.0697. The lowest BCUT2D eigenvalue weighted by atomic mass is 10.0. The third-order valence-corrected chi connectivity index (χ3v) is 7.41. The van der Waals surface area contributed by atoms with Gasteiger partial charge in [0.05, 0.1) is 32.9 Å². The fraction of sp³-hybridized carbons (Fsp3) is 0.381. The minimum Gasteiger partial charge on any atom is -0.477 e. The summed E-state index contributed by atoms with van der Waals surface area (Å²) in [6.45, 7) is 5.50. The molecule has 30 heavy (non-hydrogen) atoms. The second-order valence-electron chi connectivity index (χ2n) is 8.09. The van der Waals surface area contributed by atoms with Gasteiger partial charge in [-0.3, -0.25) is 19.1 Å². The van der Waals surface area contributed by atoms with Gasteiger partial charge in [0.15, 0.2) is 0 Å². The number of hydrogen-bond donors (Lipinski definition) is 1. The van der Waals surface area contributed by atoms with Gasteiger partial charge in [-0.1, -0.05) is 0 Å². The first kappa shape index (κ1) is 19.2. The predicted molar refractivity (Wildman–Crippen MR) is 116 cm³/mol. The highest BCUT2D eigenvalue weighted by Crippen LogP contribution is 2.37. The molecule has 156 valence electrons. The van der Waals surface area contributed by atoms with E-state index in [4.69, 9.17) is 0 Å². The summed E-state index contributed by atoms with van der Waals surface area (Å²) >= 11 is 1.20. The molecule has 1 N–H and O–H groups in total. The Bertz CT molecular complexity index is 1430. The van der Waals surface area contributed by atoms with Crippen molar-refractivity contribution in [1.82, 2.24) is 9.30 Å². The normalized spacial score (nSPS) is 21.6. The molecule has 5 rings (SSSR count). The molecule has 0 bridgehead atoms. The van der Waals surface area contributed by atoms with Crippen LogP contribution in [0.3, 0.4) is 0 Å². The molecule has 1 fully saturated rings. The second-order valence-corrected chi connectivity index (χ2v) is 8.95. The standard InChI is InChI=1S/C21H21FN4O3S/c1-9-6-25(7-10(2)24(9)4)18-12(22)5-11-17-14(18)16(23-3)13-8-30-20(26(13)17)15(19(11)27)21(28)29/h5,8-10H,6-7H2,1-4H3,(H,28,29). The number of aromatic nitrogens is 1. The Labute approximate surface area is 175 Å². The fourth-order valence-corrected chi connectivity index (χ4v) is 5.84. The van der Waals surface area contributed by atoms with Crippen molar-refractivity contribution in [2.75, 3.05) is 32.1 Å². The number of anilines is 1. The highest BCUT2D eigenvalue weighted by Gasteiger charge is 2.33. The van der Waals surface area contributed by atoms with Crippen LogP contribution in [-0.2, 0) is 0 Å². The summed E-state index contributed by atoms with van der Waals surface area (Å²) in [6.07, 6.45) is 0. The van der Waals surface area contributed by atoms with Crippen LogP contribution in [0.15, 0.2) is 21.2 Å². The Balaban J connectivity index is 1.95. The van der Waals surface area contributed by atoms with Gasteiger partial charge in [0, 0.05) is 37.6 Å². The minimum atomic E-state index is -1.31. The van der Waals surface area contributed by atoms with Gasteiger partial charge >= 0.3 is 5.97 Å². The number of likely N-dealkylation sites (N-methyl/N-ethyl adjacent to an activating group) is 1. The number of nitrogens with zero attached hydrogens (tertiary/aromatic N) is 4. The Kier molecular flexibility index (Phi) is 4.07. The van der Waals surface area contributed by atoms with Crippen molar-refractivity contribution in [2.24, 2.45) is 4.99 Å². The van der Waals surface area contributed by atoms with E-state index in [2.05, 4.69) is 30.8 Å². The third kappa shape index (κ3) is 2.30. The van der Waals surface area contributed by atoms with E-state index in [-0.39, 0.29) is 23.0 Å². The molecule has 7 nitrogen and oxygen atoms in total. The van der Waals surface area contributed by atoms with Crippen LogP contribution in [0.25, 0.3) is 26.6 Å². The van der Waals surface area contributed by atoms with Gasteiger partial charge in [0.2, 0.25) is 5.43 Å². The zero-order valence-corrected chi connectivity index (χ0v) is 17.9. The van der Waals surface area contributed by atoms with Crippen LogP contribution >= 0.6 is 11.3 Å². The minimum absolute atomic E-state index is 0.0784. The molecule has 1 aliphatic rings. The number of carbonyl (C=O) groups is 1. The first-order valence-corrected chi connectivity index (χ1v) is 10.6. The number of piperazine rings is 1. The van der Waals surface area contributed by atoms with Crippen molar-refractivity contribution < 1.29 is 14.3 Å². The third-order valence-electron chi connectivity index (χ3n) is 6.45. The van der Waals surface area contributed by atoms with Crippen LogP contribution in [0.5, 0.6) is 0 Å². The maximum atomic E-state index is 15.6. The molecule has 0 spiro atoms. The zero-order valence-electron chi connectivity index (χ0n) is 17.1. The number of pyridine rings is 1. The van der Waals surface area contributed by atoms with Crippen molar-refractivity contribution in [2.45, 2.75) is 25.9 Å². The number of thiazole rings is 1. The number of carboxylic acid groups (broad SMARTS) is 1. The topological polar surface area (TPSA) is 77.6 Å². The van der Waals surface area contributed by atoms with Gasteiger partial charge in [-0.05, 0) is 27.0 Å². The number of halogens is 1.